The van der Waals surface area contributed by atoms with Crippen LogP contribution >= 0.6 is 11.3 Å². The number of hydrogen-bond acceptors (Lipinski definition) is 4. The summed E-state index contributed by atoms with van der Waals surface area (Å²) in [5, 5.41) is 2.96. The minimum absolute atomic E-state index is 0.0249. The van der Waals surface area contributed by atoms with Crippen LogP contribution in [0.2, 0.25) is 0 Å². The number of rotatable bonds is 3. The fraction of sp³-hybridized carbons (Fsp3) is 0.571. The summed E-state index contributed by atoms with van der Waals surface area (Å²) in [6.07, 6.45) is 0. The Morgan fingerprint density at radius 1 is 1.82 bits per heavy atom. The van der Waals surface area contributed by atoms with Crippen LogP contribution in [0.4, 0.5) is 0 Å². The fourth-order valence-electron chi connectivity index (χ4n) is 0.724. The van der Waals surface area contributed by atoms with Crippen LogP contribution in [0.1, 0.15) is 23.7 Å². The van der Waals surface area contributed by atoms with Crippen molar-refractivity contribution in [3.63, 3.8) is 0 Å². The summed E-state index contributed by atoms with van der Waals surface area (Å²) in [6.45, 7) is 2.50. The third-order valence-corrected chi connectivity index (χ3v) is 2.14. The van der Waals surface area contributed by atoms with Gasteiger partial charge in [-0.05, 0) is 6.92 Å². The lowest BCUT2D eigenvalue weighted by atomic mass is 10.3. The Kier molecular flexibility index (Phi) is 2.99. The van der Waals surface area contributed by atoms with Crippen LogP contribution in [0.3, 0.4) is 0 Å². The topological polar surface area (TPSA) is 48.1 Å². The Labute approximate surface area is 70.2 Å². The van der Waals surface area contributed by atoms with Crippen molar-refractivity contribution in [2.24, 2.45) is 5.73 Å². The van der Waals surface area contributed by atoms with Gasteiger partial charge in [-0.25, -0.2) is 4.98 Å². The van der Waals surface area contributed by atoms with Crippen molar-refractivity contribution in [3.05, 3.63) is 16.1 Å². The number of ether oxygens (including phenoxy) is 1. The first kappa shape index (κ1) is 8.64. The number of thiazole rings is 1. The SMILES string of the molecule is COCc1nc([C@@H](C)N)cs1. The van der Waals surface area contributed by atoms with Gasteiger partial charge in [0.2, 0.25) is 0 Å². The maximum Gasteiger partial charge on any atom is 0.119 e. The van der Waals surface area contributed by atoms with Gasteiger partial charge in [-0.1, -0.05) is 0 Å². The van der Waals surface area contributed by atoms with Gasteiger partial charge in [0, 0.05) is 18.5 Å². The zero-order valence-electron chi connectivity index (χ0n) is 6.70. The van der Waals surface area contributed by atoms with Crippen LogP contribution < -0.4 is 5.73 Å². The molecule has 0 bridgehead atoms. The van der Waals surface area contributed by atoms with Crippen molar-refractivity contribution in [1.29, 1.82) is 0 Å². The first-order valence-corrected chi connectivity index (χ1v) is 4.31. The Balaban J connectivity index is 2.66. The molecule has 1 heterocycles. The average Bonchev–Trinajstić information content (AvgIpc) is 2.37. The number of nitrogens with zero attached hydrogens (tertiary/aromatic N) is 1. The lowest BCUT2D eigenvalue weighted by molar-refractivity contribution is 0.184. The standard InChI is InChI=1S/C7H12N2OS/c1-5(8)6-4-11-7(9-6)3-10-2/h4-5H,3,8H2,1-2H3/t5-/m1/s1. The van der Waals surface area contributed by atoms with Gasteiger partial charge in [-0.3, -0.25) is 0 Å². The van der Waals surface area contributed by atoms with E-state index in [0.717, 1.165) is 10.7 Å². The van der Waals surface area contributed by atoms with Gasteiger partial charge < -0.3 is 10.5 Å². The second kappa shape index (κ2) is 3.80. The van der Waals surface area contributed by atoms with Gasteiger partial charge in [0.05, 0.1) is 12.3 Å². The van der Waals surface area contributed by atoms with Crippen LogP contribution in [0.25, 0.3) is 0 Å². The van der Waals surface area contributed by atoms with Crippen LogP contribution in [-0.4, -0.2) is 12.1 Å². The minimum Gasteiger partial charge on any atom is -0.378 e. The summed E-state index contributed by atoms with van der Waals surface area (Å²) in [7, 11) is 1.66. The van der Waals surface area contributed by atoms with E-state index < -0.39 is 0 Å². The van der Waals surface area contributed by atoms with E-state index in [-0.39, 0.29) is 6.04 Å². The van der Waals surface area contributed by atoms with Crippen molar-refractivity contribution in [2.45, 2.75) is 19.6 Å². The normalized spacial score (nSPS) is 13.4. The lowest BCUT2D eigenvalue weighted by Gasteiger charge is -1.97. The van der Waals surface area contributed by atoms with E-state index in [1.807, 2.05) is 12.3 Å². The predicted octanol–water partition coefficient (Wildman–Crippen LogP) is 1.31. The Morgan fingerprint density at radius 2 is 2.55 bits per heavy atom. The lowest BCUT2D eigenvalue weighted by Crippen LogP contribution is -2.05. The number of aromatic nitrogens is 1. The average molecular weight is 172 g/mol. The second-order valence-electron chi connectivity index (χ2n) is 2.39. The molecular formula is C7H12N2OS. The molecule has 11 heavy (non-hydrogen) atoms. The molecule has 0 radical (unpaired) electrons. The third kappa shape index (κ3) is 2.25. The molecule has 0 aromatic carbocycles. The summed E-state index contributed by atoms with van der Waals surface area (Å²) >= 11 is 1.59. The molecule has 0 aliphatic heterocycles. The minimum atomic E-state index is 0.0249. The molecule has 1 aromatic rings. The van der Waals surface area contributed by atoms with E-state index in [0.29, 0.717) is 6.61 Å². The van der Waals surface area contributed by atoms with Crippen molar-refractivity contribution in [1.82, 2.24) is 4.98 Å². The van der Waals surface area contributed by atoms with Crippen molar-refractivity contribution in [2.75, 3.05) is 7.11 Å². The monoisotopic (exact) mass is 172 g/mol. The molecule has 0 unspecified atom stereocenters. The molecule has 0 spiro atoms. The Bertz CT molecular complexity index is 222. The van der Waals surface area contributed by atoms with Crippen molar-refractivity contribution >= 4 is 11.3 Å². The molecule has 0 amide bonds. The summed E-state index contributed by atoms with van der Waals surface area (Å²) in [5.74, 6) is 0. The highest BCUT2D eigenvalue weighted by atomic mass is 32.1. The van der Waals surface area contributed by atoms with E-state index in [1.165, 1.54) is 0 Å². The highest BCUT2D eigenvalue weighted by Gasteiger charge is 2.04. The summed E-state index contributed by atoms with van der Waals surface area (Å²) < 4.78 is 4.93. The maximum atomic E-state index is 5.63. The molecule has 0 saturated carbocycles. The highest BCUT2D eigenvalue weighted by Crippen LogP contribution is 2.14. The molecule has 0 aliphatic rings. The molecule has 4 heteroatoms. The van der Waals surface area contributed by atoms with Crippen LogP contribution in [-0.2, 0) is 11.3 Å². The van der Waals surface area contributed by atoms with Gasteiger partial charge >= 0.3 is 0 Å². The van der Waals surface area contributed by atoms with E-state index in [4.69, 9.17) is 10.5 Å². The van der Waals surface area contributed by atoms with Crippen molar-refractivity contribution < 1.29 is 4.74 Å². The van der Waals surface area contributed by atoms with E-state index >= 15 is 0 Å². The zero-order valence-corrected chi connectivity index (χ0v) is 7.52. The quantitative estimate of drug-likeness (QED) is 0.747. The zero-order chi connectivity index (χ0) is 8.27. The van der Waals surface area contributed by atoms with Gasteiger partial charge in [-0.2, -0.15) is 0 Å². The maximum absolute atomic E-state index is 5.63. The van der Waals surface area contributed by atoms with Gasteiger partial charge in [0.1, 0.15) is 5.01 Å². The molecule has 1 aromatic heterocycles. The number of hydrogen-bond donors (Lipinski definition) is 1. The van der Waals surface area contributed by atoms with E-state index in [1.54, 1.807) is 18.4 Å². The molecule has 0 fully saturated rings. The van der Waals surface area contributed by atoms with Gasteiger partial charge in [0.25, 0.3) is 0 Å². The smallest absolute Gasteiger partial charge is 0.119 e. The Hall–Kier alpha value is -0.450. The number of nitrogens with two attached hydrogens (primary N) is 1. The fourth-order valence-corrected chi connectivity index (χ4v) is 1.59. The molecule has 3 nitrogen and oxygen atoms in total. The largest absolute Gasteiger partial charge is 0.378 e. The van der Waals surface area contributed by atoms with Crippen LogP contribution in [0.5, 0.6) is 0 Å². The third-order valence-electron chi connectivity index (χ3n) is 1.30. The molecule has 0 aliphatic carbocycles. The van der Waals surface area contributed by atoms with E-state index in [2.05, 4.69) is 4.98 Å². The molecule has 62 valence electrons. The highest BCUT2D eigenvalue weighted by molar-refractivity contribution is 7.09. The first-order chi connectivity index (χ1) is 5.24. The molecule has 0 saturated heterocycles. The second-order valence-corrected chi connectivity index (χ2v) is 3.33. The van der Waals surface area contributed by atoms with Crippen molar-refractivity contribution in [3.8, 4) is 0 Å². The Morgan fingerprint density at radius 3 is 3.00 bits per heavy atom. The molecule has 1 atom stereocenters. The van der Waals surface area contributed by atoms with Gasteiger partial charge in [-0.15, -0.1) is 11.3 Å². The van der Waals surface area contributed by atoms with Gasteiger partial charge in [0.15, 0.2) is 0 Å². The summed E-state index contributed by atoms with van der Waals surface area (Å²) in [6, 6.07) is 0.0249. The predicted molar refractivity (Wildman–Crippen MR) is 45.4 cm³/mol. The molecular weight excluding hydrogens is 160 g/mol. The first-order valence-electron chi connectivity index (χ1n) is 3.43. The van der Waals surface area contributed by atoms with Crippen LogP contribution in [0.15, 0.2) is 5.38 Å². The van der Waals surface area contributed by atoms with E-state index in [9.17, 15) is 0 Å². The summed E-state index contributed by atoms with van der Waals surface area (Å²) in [4.78, 5) is 4.27. The molecule has 2 N–H and O–H groups in total. The number of methoxy groups -OCH3 is 1. The summed E-state index contributed by atoms with van der Waals surface area (Å²) in [5.41, 5.74) is 6.57. The molecule has 1 rings (SSSR count). The van der Waals surface area contributed by atoms with Crippen LogP contribution in [0, 0.1) is 0 Å².